The van der Waals surface area contributed by atoms with Crippen LogP contribution in [0.3, 0.4) is 0 Å². The number of benzene rings is 2. The number of ether oxygens (including phenoxy) is 2. The van der Waals surface area contributed by atoms with Gasteiger partial charge >= 0.3 is 0 Å². The summed E-state index contributed by atoms with van der Waals surface area (Å²) in [5.41, 5.74) is 1.66. The van der Waals surface area contributed by atoms with Crippen LogP contribution in [0.15, 0.2) is 65.6 Å². The van der Waals surface area contributed by atoms with E-state index in [4.69, 9.17) is 9.47 Å². The number of fused-ring (bicyclic) bond motifs is 3. The highest BCUT2D eigenvalue weighted by Gasteiger charge is 2.65. The summed E-state index contributed by atoms with van der Waals surface area (Å²) in [6.07, 6.45) is 6.24. The average molecular weight is 453 g/mol. The van der Waals surface area contributed by atoms with Gasteiger partial charge in [-0.25, -0.2) is 8.42 Å². The van der Waals surface area contributed by atoms with E-state index >= 15 is 0 Å². The Morgan fingerprint density at radius 2 is 1.62 bits per heavy atom. The van der Waals surface area contributed by atoms with Crippen LogP contribution in [0, 0.1) is 11.8 Å². The molecule has 0 radical (unpaired) electrons. The van der Waals surface area contributed by atoms with Crippen LogP contribution in [0.2, 0.25) is 0 Å². The maximum atomic E-state index is 13.1. The maximum Gasteiger partial charge on any atom is 0.175 e. The van der Waals surface area contributed by atoms with Crippen molar-refractivity contribution in [3.05, 3.63) is 76.7 Å². The summed E-state index contributed by atoms with van der Waals surface area (Å²) in [6, 6.07) is 15.4. The van der Waals surface area contributed by atoms with Gasteiger partial charge in [-0.15, -0.1) is 0 Å². The molecule has 2 aliphatic carbocycles. The van der Waals surface area contributed by atoms with Crippen LogP contribution in [0.1, 0.15) is 36.3 Å². The van der Waals surface area contributed by atoms with E-state index in [1.165, 1.54) is 5.41 Å². The summed E-state index contributed by atoms with van der Waals surface area (Å²) < 4.78 is 36.8. The summed E-state index contributed by atoms with van der Waals surface area (Å²) in [6.45, 7) is 0. The normalized spacial score (nSPS) is 33.7. The molecule has 0 saturated heterocycles. The monoisotopic (exact) mass is 452 g/mol. The van der Waals surface area contributed by atoms with E-state index in [1.807, 2.05) is 54.6 Å². The fourth-order valence-electron chi connectivity index (χ4n) is 6.08. The van der Waals surface area contributed by atoms with E-state index in [2.05, 4.69) is 0 Å². The van der Waals surface area contributed by atoms with E-state index in [0.29, 0.717) is 0 Å². The number of hydrogen-bond acceptors (Lipinski definition) is 5. The van der Waals surface area contributed by atoms with Gasteiger partial charge in [0.1, 0.15) is 11.5 Å². The molecular weight excluding hydrogens is 424 g/mol. The topological polar surface area (TPSA) is 72.8 Å². The van der Waals surface area contributed by atoms with Gasteiger partial charge in [-0.05, 0) is 60.2 Å². The van der Waals surface area contributed by atoms with Crippen molar-refractivity contribution in [2.75, 3.05) is 14.2 Å². The maximum absolute atomic E-state index is 13.1. The minimum absolute atomic E-state index is 0.163. The second-order valence-corrected chi connectivity index (χ2v) is 11.0. The Labute approximate surface area is 189 Å². The van der Waals surface area contributed by atoms with E-state index in [-0.39, 0.29) is 11.8 Å². The van der Waals surface area contributed by atoms with Crippen molar-refractivity contribution in [1.29, 1.82) is 0 Å². The van der Waals surface area contributed by atoms with Gasteiger partial charge < -0.3 is 14.6 Å². The lowest BCUT2D eigenvalue weighted by Crippen LogP contribution is -2.44. The third kappa shape index (κ3) is 3.20. The second kappa shape index (κ2) is 7.78. The fraction of sp³-hybridized carbons (Fsp3) is 0.385. The molecule has 1 N–H and O–H groups in total. The molecule has 1 heterocycles. The van der Waals surface area contributed by atoms with Crippen molar-refractivity contribution in [1.82, 2.24) is 0 Å². The highest BCUT2D eigenvalue weighted by molar-refractivity contribution is 7.95. The third-order valence-corrected chi connectivity index (χ3v) is 9.38. The Morgan fingerprint density at radius 1 is 1.00 bits per heavy atom. The third-order valence-electron chi connectivity index (χ3n) is 7.50. The van der Waals surface area contributed by atoms with Gasteiger partial charge in [-0.2, -0.15) is 0 Å². The van der Waals surface area contributed by atoms with Gasteiger partial charge in [-0.1, -0.05) is 36.4 Å². The van der Waals surface area contributed by atoms with Gasteiger partial charge in [-0.3, -0.25) is 0 Å². The molecule has 168 valence electrons. The minimum atomic E-state index is -3.45. The van der Waals surface area contributed by atoms with Crippen molar-refractivity contribution in [3.8, 4) is 11.5 Å². The fourth-order valence-corrected chi connectivity index (χ4v) is 8.11. The Morgan fingerprint density at radius 3 is 2.25 bits per heavy atom. The smallest absolute Gasteiger partial charge is 0.175 e. The predicted molar refractivity (Wildman–Crippen MR) is 124 cm³/mol. The zero-order valence-electron chi connectivity index (χ0n) is 18.3. The molecule has 5 atom stereocenters. The lowest BCUT2D eigenvalue weighted by Gasteiger charge is -2.41. The Kier molecular flexibility index (Phi) is 5.18. The van der Waals surface area contributed by atoms with Crippen molar-refractivity contribution >= 4 is 15.9 Å². The Balaban J connectivity index is 1.61. The van der Waals surface area contributed by atoms with Crippen LogP contribution in [0.4, 0.5) is 0 Å². The first-order chi connectivity index (χ1) is 15.4. The lowest BCUT2D eigenvalue weighted by atomic mass is 9.67. The summed E-state index contributed by atoms with van der Waals surface area (Å²) in [5.74, 6) is 0.626. The Bertz CT molecular complexity index is 1160. The molecule has 5 nitrogen and oxygen atoms in total. The van der Waals surface area contributed by atoms with Crippen LogP contribution in [0.25, 0.3) is 6.08 Å². The molecule has 0 bridgehead atoms. The molecule has 0 aromatic heterocycles. The molecular formula is C26H28O5S. The largest absolute Gasteiger partial charge is 0.497 e. The highest BCUT2D eigenvalue weighted by atomic mass is 32.2. The van der Waals surface area contributed by atoms with Crippen molar-refractivity contribution in [2.45, 2.75) is 36.0 Å². The van der Waals surface area contributed by atoms with Crippen LogP contribution >= 0.6 is 0 Å². The van der Waals surface area contributed by atoms with Crippen molar-refractivity contribution < 1.29 is 23.0 Å². The quantitative estimate of drug-likeness (QED) is 0.747. The van der Waals surface area contributed by atoms with Gasteiger partial charge in [0, 0.05) is 23.2 Å². The standard InChI is InChI=1S/C26H28O5S/c1-30-20-10-6-17(7-11-20)16-19-4-3-5-22-24(18-8-12-21(31-2)13-9-18)25-23(26(19,22)27)14-15-32(25,28)29/h6-16,22-25,27H,3-5H2,1-2H3/b19-16+/t22-,23-,24+,25+,26+/m0/s1. The molecule has 0 spiro atoms. The number of hydrogen-bond donors (Lipinski definition) is 1. The second-order valence-electron chi connectivity index (χ2n) is 8.97. The lowest BCUT2D eigenvalue weighted by molar-refractivity contribution is -0.00606. The van der Waals surface area contributed by atoms with Crippen molar-refractivity contribution in [2.24, 2.45) is 11.8 Å². The zero-order valence-corrected chi connectivity index (χ0v) is 19.1. The first-order valence-corrected chi connectivity index (χ1v) is 12.6. The summed E-state index contributed by atoms with van der Waals surface area (Å²) >= 11 is 0. The first-order valence-electron chi connectivity index (χ1n) is 11.0. The number of sulfone groups is 1. The van der Waals surface area contributed by atoms with Crippen LogP contribution in [0.5, 0.6) is 11.5 Å². The molecule has 5 rings (SSSR count). The molecule has 2 fully saturated rings. The van der Waals surface area contributed by atoms with Gasteiger partial charge in [0.05, 0.1) is 25.1 Å². The SMILES string of the molecule is COc1ccc(/C=C2\CCC[C@H]3[C@@H](c4ccc(OC)cc4)[C@H]4[C@H](C=CS4(=O)=O)[C@@]23O)cc1. The Hall–Kier alpha value is -2.57. The number of rotatable bonds is 4. The van der Waals surface area contributed by atoms with E-state index in [1.54, 1.807) is 20.3 Å². The molecule has 32 heavy (non-hydrogen) atoms. The van der Waals surface area contributed by atoms with Crippen LogP contribution in [-0.4, -0.2) is 38.6 Å². The van der Waals surface area contributed by atoms with E-state index in [0.717, 1.165) is 47.5 Å². The predicted octanol–water partition coefficient (Wildman–Crippen LogP) is 4.34. The molecule has 1 aliphatic heterocycles. The van der Waals surface area contributed by atoms with Gasteiger partial charge in [0.25, 0.3) is 0 Å². The highest BCUT2D eigenvalue weighted by Crippen LogP contribution is 2.62. The molecule has 2 aromatic carbocycles. The van der Waals surface area contributed by atoms with Gasteiger partial charge in [0.2, 0.25) is 0 Å². The number of methoxy groups -OCH3 is 2. The molecule has 2 aromatic rings. The molecule has 0 unspecified atom stereocenters. The minimum Gasteiger partial charge on any atom is -0.497 e. The molecule has 3 aliphatic rings. The van der Waals surface area contributed by atoms with E-state index in [9.17, 15) is 13.5 Å². The van der Waals surface area contributed by atoms with Crippen LogP contribution in [-0.2, 0) is 9.84 Å². The zero-order chi connectivity index (χ0) is 22.5. The summed E-state index contributed by atoms with van der Waals surface area (Å²) in [5, 5.41) is 12.9. The molecule has 2 saturated carbocycles. The summed E-state index contributed by atoms with van der Waals surface area (Å²) in [7, 11) is -0.209. The van der Waals surface area contributed by atoms with Crippen LogP contribution < -0.4 is 9.47 Å². The van der Waals surface area contributed by atoms with E-state index < -0.39 is 26.6 Å². The average Bonchev–Trinajstić information content (AvgIpc) is 3.27. The molecule has 0 amide bonds. The van der Waals surface area contributed by atoms with Gasteiger partial charge in [0.15, 0.2) is 9.84 Å². The first kappa shape index (κ1) is 21.3. The summed E-state index contributed by atoms with van der Waals surface area (Å²) in [4.78, 5) is 0. The number of aliphatic hydroxyl groups is 1. The van der Waals surface area contributed by atoms with Crippen molar-refractivity contribution in [3.63, 3.8) is 0 Å². The molecule has 6 heteroatoms.